The zero-order valence-electron chi connectivity index (χ0n) is 10.2. The van der Waals surface area contributed by atoms with Crippen molar-refractivity contribution in [3.63, 3.8) is 0 Å². The first-order chi connectivity index (χ1) is 8.92. The summed E-state index contributed by atoms with van der Waals surface area (Å²) in [6.45, 7) is 0.833. The van der Waals surface area contributed by atoms with Gasteiger partial charge in [0.05, 0.1) is 0 Å². The Balaban J connectivity index is 1.71. The topological polar surface area (TPSA) is 52.3 Å². The van der Waals surface area contributed by atoms with E-state index < -0.39 is 0 Å². The van der Waals surface area contributed by atoms with E-state index in [9.17, 15) is 0 Å². The summed E-state index contributed by atoms with van der Waals surface area (Å²) in [5.41, 5.74) is 0. The van der Waals surface area contributed by atoms with Crippen LogP contribution < -0.4 is 0 Å². The number of nitrogens with zero attached hydrogens (tertiary/aromatic N) is 4. The molecule has 2 fully saturated rings. The number of rotatable bonds is 2. The Labute approximate surface area is 109 Å². The van der Waals surface area contributed by atoms with E-state index in [0.717, 1.165) is 30.2 Å². The second-order valence-corrected chi connectivity index (χ2v) is 6.16. The second kappa shape index (κ2) is 4.28. The van der Waals surface area contributed by atoms with E-state index in [1.54, 1.807) is 11.3 Å². The Kier molecular flexibility index (Phi) is 2.58. The van der Waals surface area contributed by atoms with Gasteiger partial charge >= 0.3 is 0 Å². The van der Waals surface area contributed by atoms with Gasteiger partial charge in [0.1, 0.15) is 11.1 Å². The molecule has 1 unspecified atom stereocenters. The lowest BCUT2D eigenvalue weighted by molar-refractivity contribution is 0.103. The van der Waals surface area contributed by atoms with E-state index in [0.29, 0.717) is 5.92 Å². The fourth-order valence-electron chi connectivity index (χ4n) is 2.97. The molecular formula is C12H16N4OS. The summed E-state index contributed by atoms with van der Waals surface area (Å²) in [6, 6.07) is 0. The van der Waals surface area contributed by atoms with Crippen molar-refractivity contribution in [2.24, 2.45) is 0 Å². The minimum atomic E-state index is 0.0959. The van der Waals surface area contributed by atoms with Crippen LogP contribution in [0.3, 0.4) is 0 Å². The quantitative estimate of drug-likeness (QED) is 0.837. The molecule has 4 rings (SSSR count). The minimum absolute atomic E-state index is 0.0959. The standard InChI is InChI=1S/C12H16N4OS/c1-2-5-8(4-1)11-15-16-10(9-6-3-7-17-9)13-14-12(16)18-11/h8-9H,1-7H2. The van der Waals surface area contributed by atoms with Gasteiger partial charge in [-0.25, -0.2) is 0 Å². The van der Waals surface area contributed by atoms with Gasteiger partial charge in [0.2, 0.25) is 4.96 Å². The van der Waals surface area contributed by atoms with E-state index in [2.05, 4.69) is 10.2 Å². The highest BCUT2D eigenvalue weighted by molar-refractivity contribution is 7.16. The van der Waals surface area contributed by atoms with Gasteiger partial charge in [-0.3, -0.25) is 0 Å². The fourth-order valence-corrected chi connectivity index (χ4v) is 3.98. The third-order valence-corrected chi connectivity index (χ3v) is 5.01. The van der Waals surface area contributed by atoms with Gasteiger partial charge in [-0.15, -0.1) is 10.2 Å². The normalized spacial score (nSPS) is 25.4. The van der Waals surface area contributed by atoms with Crippen LogP contribution in [0.2, 0.25) is 0 Å². The summed E-state index contributed by atoms with van der Waals surface area (Å²) < 4.78 is 7.59. The van der Waals surface area contributed by atoms with Crippen LogP contribution in [0.25, 0.3) is 4.96 Å². The predicted octanol–water partition coefficient (Wildman–Crippen LogP) is 2.69. The zero-order chi connectivity index (χ0) is 11.9. The van der Waals surface area contributed by atoms with Gasteiger partial charge in [-0.2, -0.15) is 9.61 Å². The highest BCUT2D eigenvalue weighted by Crippen LogP contribution is 2.37. The summed E-state index contributed by atoms with van der Waals surface area (Å²) in [7, 11) is 0. The lowest BCUT2D eigenvalue weighted by Crippen LogP contribution is -2.04. The van der Waals surface area contributed by atoms with E-state index in [4.69, 9.17) is 9.84 Å². The van der Waals surface area contributed by atoms with Crippen LogP contribution in [0.1, 0.15) is 61.4 Å². The smallest absolute Gasteiger partial charge is 0.234 e. The highest BCUT2D eigenvalue weighted by atomic mass is 32.1. The third-order valence-electron chi connectivity index (χ3n) is 3.95. The Hall–Kier alpha value is -1.01. The van der Waals surface area contributed by atoms with Crippen molar-refractivity contribution in [3.8, 4) is 0 Å². The van der Waals surface area contributed by atoms with Crippen molar-refractivity contribution in [1.29, 1.82) is 0 Å². The van der Waals surface area contributed by atoms with Crippen molar-refractivity contribution >= 4 is 16.3 Å². The lowest BCUT2D eigenvalue weighted by Gasteiger charge is -2.05. The van der Waals surface area contributed by atoms with E-state index >= 15 is 0 Å². The molecule has 3 heterocycles. The lowest BCUT2D eigenvalue weighted by atomic mass is 10.1. The Morgan fingerprint density at radius 1 is 1.11 bits per heavy atom. The molecule has 5 nitrogen and oxygen atoms in total. The third kappa shape index (κ3) is 1.66. The summed E-state index contributed by atoms with van der Waals surface area (Å²) in [5.74, 6) is 1.54. The van der Waals surface area contributed by atoms with Crippen molar-refractivity contribution in [2.75, 3.05) is 6.61 Å². The van der Waals surface area contributed by atoms with Crippen LogP contribution in [-0.4, -0.2) is 26.4 Å². The first-order valence-electron chi connectivity index (χ1n) is 6.75. The van der Waals surface area contributed by atoms with Crippen LogP contribution in [0.4, 0.5) is 0 Å². The Bertz CT molecular complexity index is 551. The SMILES string of the molecule is C1CCC(c2nn3c(C4CCCO4)nnc3s2)C1. The zero-order valence-corrected chi connectivity index (χ0v) is 11.0. The Morgan fingerprint density at radius 3 is 2.78 bits per heavy atom. The van der Waals surface area contributed by atoms with Crippen LogP contribution in [-0.2, 0) is 4.74 Å². The molecule has 2 aromatic heterocycles. The summed E-state index contributed by atoms with van der Waals surface area (Å²) in [6.07, 6.45) is 7.47. The molecule has 1 atom stereocenters. The summed E-state index contributed by atoms with van der Waals surface area (Å²) in [5, 5.41) is 14.4. The molecule has 96 valence electrons. The largest absolute Gasteiger partial charge is 0.370 e. The minimum Gasteiger partial charge on any atom is -0.370 e. The maximum Gasteiger partial charge on any atom is 0.234 e. The van der Waals surface area contributed by atoms with E-state index in [-0.39, 0.29) is 6.10 Å². The van der Waals surface area contributed by atoms with Crippen LogP contribution in [0.5, 0.6) is 0 Å². The molecule has 1 saturated carbocycles. The highest BCUT2D eigenvalue weighted by Gasteiger charge is 2.27. The molecule has 18 heavy (non-hydrogen) atoms. The van der Waals surface area contributed by atoms with Crippen LogP contribution in [0.15, 0.2) is 0 Å². The number of ether oxygens (including phenoxy) is 1. The van der Waals surface area contributed by atoms with Crippen molar-refractivity contribution in [2.45, 2.75) is 50.5 Å². The molecule has 1 saturated heterocycles. The van der Waals surface area contributed by atoms with Crippen LogP contribution >= 0.6 is 11.3 Å². The molecule has 0 amide bonds. The van der Waals surface area contributed by atoms with Gasteiger partial charge in [-0.1, -0.05) is 24.2 Å². The molecule has 1 aliphatic heterocycles. The maximum absolute atomic E-state index is 5.68. The van der Waals surface area contributed by atoms with E-state index in [1.807, 2.05) is 4.52 Å². The summed E-state index contributed by atoms with van der Waals surface area (Å²) >= 11 is 1.70. The maximum atomic E-state index is 5.68. The number of fused-ring (bicyclic) bond motifs is 1. The Morgan fingerprint density at radius 2 is 2.00 bits per heavy atom. The monoisotopic (exact) mass is 264 g/mol. The first-order valence-corrected chi connectivity index (χ1v) is 7.57. The van der Waals surface area contributed by atoms with Gasteiger partial charge in [0.15, 0.2) is 5.82 Å². The van der Waals surface area contributed by atoms with Crippen molar-refractivity contribution in [1.82, 2.24) is 19.8 Å². The first kappa shape index (κ1) is 10.9. The predicted molar refractivity (Wildman–Crippen MR) is 67.8 cm³/mol. The van der Waals surface area contributed by atoms with Crippen LogP contribution in [0, 0.1) is 0 Å². The molecule has 0 bridgehead atoms. The fraction of sp³-hybridized carbons (Fsp3) is 0.750. The summed E-state index contributed by atoms with van der Waals surface area (Å²) in [4.78, 5) is 0.919. The molecule has 0 spiro atoms. The van der Waals surface area contributed by atoms with Gasteiger partial charge in [0.25, 0.3) is 0 Å². The van der Waals surface area contributed by atoms with Gasteiger partial charge < -0.3 is 4.74 Å². The molecule has 0 aromatic carbocycles. The molecule has 2 aliphatic rings. The molecule has 2 aromatic rings. The molecule has 0 radical (unpaired) electrons. The van der Waals surface area contributed by atoms with Crippen molar-refractivity contribution in [3.05, 3.63) is 10.8 Å². The van der Waals surface area contributed by atoms with Crippen molar-refractivity contribution < 1.29 is 4.74 Å². The number of aromatic nitrogens is 4. The van der Waals surface area contributed by atoms with Gasteiger partial charge in [0, 0.05) is 12.5 Å². The van der Waals surface area contributed by atoms with Gasteiger partial charge in [-0.05, 0) is 25.7 Å². The second-order valence-electron chi connectivity index (χ2n) is 5.18. The molecule has 0 N–H and O–H groups in total. The average Bonchev–Trinajstić information content (AvgIpc) is 3.13. The average molecular weight is 264 g/mol. The molecule has 1 aliphatic carbocycles. The molecule has 6 heteroatoms. The van der Waals surface area contributed by atoms with E-state index in [1.165, 1.54) is 30.7 Å². The number of hydrogen-bond acceptors (Lipinski definition) is 5. The number of hydrogen-bond donors (Lipinski definition) is 0. The molecular weight excluding hydrogens is 248 g/mol.